The highest BCUT2D eigenvalue weighted by Crippen LogP contribution is 2.30. The van der Waals surface area contributed by atoms with Crippen LogP contribution in [0.5, 0.6) is 5.75 Å². The van der Waals surface area contributed by atoms with Gasteiger partial charge >= 0.3 is 5.97 Å². The molecule has 0 aliphatic carbocycles. The van der Waals surface area contributed by atoms with Crippen LogP contribution >= 0.6 is 15.9 Å². The van der Waals surface area contributed by atoms with E-state index in [1.54, 1.807) is 18.2 Å². The lowest BCUT2D eigenvalue weighted by Crippen LogP contribution is -2.03. The zero-order chi connectivity index (χ0) is 10.7. The zero-order valence-electron chi connectivity index (χ0n) is 7.70. The Bertz CT molecular complexity index is 349. The summed E-state index contributed by atoms with van der Waals surface area (Å²) in [6, 6.07) is 4.85. The third kappa shape index (κ3) is 2.73. The molecular formula is C10H11BrO3. The number of phenols is 1. The van der Waals surface area contributed by atoms with Crippen LogP contribution in [0.1, 0.15) is 24.8 Å². The number of hydrogen-bond acceptors (Lipinski definition) is 2. The van der Waals surface area contributed by atoms with Gasteiger partial charge in [0.25, 0.3) is 0 Å². The summed E-state index contributed by atoms with van der Waals surface area (Å²) in [5.41, 5.74) is 0.812. The largest absolute Gasteiger partial charge is 0.508 e. The summed E-state index contributed by atoms with van der Waals surface area (Å²) < 4.78 is 0.823. The van der Waals surface area contributed by atoms with E-state index in [1.165, 1.54) is 0 Å². The fourth-order valence-corrected chi connectivity index (χ4v) is 1.92. The van der Waals surface area contributed by atoms with E-state index in [9.17, 15) is 9.90 Å². The van der Waals surface area contributed by atoms with E-state index in [4.69, 9.17) is 5.11 Å². The minimum absolute atomic E-state index is 0.0576. The zero-order valence-corrected chi connectivity index (χ0v) is 9.28. The number of phenolic OH excluding ortho intramolecular Hbond substituents is 1. The van der Waals surface area contributed by atoms with Crippen molar-refractivity contribution >= 4 is 21.9 Å². The van der Waals surface area contributed by atoms with E-state index in [-0.39, 0.29) is 18.1 Å². The van der Waals surface area contributed by atoms with E-state index in [1.807, 2.05) is 6.92 Å². The SMILES string of the molecule is CC(CC(=O)O)c1cc(O)ccc1Br. The van der Waals surface area contributed by atoms with Crippen molar-refractivity contribution in [1.29, 1.82) is 0 Å². The Kier molecular flexibility index (Phi) is 3.52. The highest BCUT2D eigenvalue weighted by atomic mass is 79.9. The number of hydrogen-bond donors (Lipinski definition) is 2. The number of aliphatic carboxylic acids is 1. The second-order valence-electron chi connectivity index (χ2n) is 3.20. The maximum absolute atomic E-state index is 10.5. The van der Waals surface area contributed by atoms with Crippen molar-refractivity contribution in [2.24, 2.45) is 0 Å². The molecule has 1 aromatic rings. The first-order valence-corrected chi connectivity index (χ1v) is 5.00. The monoisotopic (exact) mass is 258 g/mol. The average Bonchev–Trinajstić information content (AvgIpc) is 2.08. The Balaban J connectivity index is 2.93. The number of carboxylic acids is 1. The molecule has 4 heteroatoms. The van der Waals surface area contributed by atoms with Crippen LogP contribution < -0.4 is 0 Å². The summed E-state index contributed by atoms with van der Waals surface area (Å²) in [5, 5.41) is 17.9. The van der Waals surface area contributed by atoms with Gasteiger partial charge in [-0.25, -0.2) is 0 Å². The molecule has 0 fully saturated rings. The van der Waals surface area contributed by atoms with Crippen LogP contribution in [0.3, 0.4) is 0 Å². The Morgan fingerprint density at radius 2 is 2.21 bits per heavy atom. The van der Waals surface area contributed by atoms with Crippen molar-refractivity contribution in [1.82, 2.24) is 0 Å². The number of benzene rings is 1. The summed E-state index contributed by atoms with van der Waals surface area (Å²) in [6.07, 6.45) is 0.0576. The highest BCUT2D eigenvalue weighted by molar-refractivity contribution is 9.10. The maximum atomic E-state index is 10.5. The van der Waals surface area contributed by atoms with Crippen molar-refractivity contribution in [3.8, 4) is 5.75 Å². The maximum Gasteiger partial charge on any atom is 0.303 e. The lowest BCUT2D eigenvalue weighted by atomic mass is 9.98. The van der Waals surface area contributed by atoms with Crippen molar-refractivity contribution in [2.45, 2.75) is 19.3 Å². The standard InChI is InChI=1S/C10H11BrO3/c1-6(4-10(13)14)8-5-7(12)2-3-9(8)11/h2-3,5-6,12H,4H2,1H3,(H,13,14). The van der Waals surface area contributed by atoms with Crippen molar-refractivity contribution in [3.05, 3.63) is 28.2 Å². The molecule has 0 amide bonds. The molecule has 0 bridgehead atoms. The summed E-state index contributed by atoms with van der Waals surface area (Å²) in [5.74, 6) is -0.804. The molecule has 0 saturated carbocycles. The predicted molar refractivity (Wildman–Crippen MR) is 56.5 cm³/mol. The lowest BCUT2D eigenvalue weighted by Gasteiger charge is -2.11. The molecule has 3 nitrogen and oxygen atoms in total. The van der Waals surface area contributed by atoms with E-state index in [2.05, 4.69) is 15.9 Å². The fourth-order valence-electron chi connectivity index (χ4n) is 1.28. The van der Waals surface area contributed by atoms with Crippen LogP contribution in [0, 0.1) is 0 Å². The highest BCUT2D eigenvalue weighted by Gasteiger charge is 2.13. The molecule has 1 atom stereocenters. The van der Waals surface area contributed by atoms with Gasteiger partial charge in [0, 0.05) is 4.47 Å². The summed E-state index contributed by atoms with van der Waals surface area (Å²) in [7, 11) is 0. The van der Waals surface area contributed by atoms with Crippen LogP contribution in [0.25, 0.3) is 0 Å². The molecular weight excluding hydrogens is 248 g/mol. The second kappa shape index (κ2) is 4.46. The molecule has 76 valence electrons. The van der Waals surface area contributed by atoms with E-state index in [0.717, 1.165) is 10.0 Å². The van der Waals surface area contributed by atoms with Gasteiger partial charge in [0.15, 0.2) is 0 Å². The molecule has 1 aromatic carbocycles. The number of carbonyl (C=O) groups is 1. The molecule has 0 aliphatic rings. The van der Waals surface area contributed by atoms with Crippen LogP contribution in [0.2, 0.25) is 0 Å². The first-order chi connectivity index (χ1) is 6.50. The van der Waals surface area contributed by atoms with Gasteiger partial charge in [0.2, 0.25) is 0 Å². The minimum atomic E-state index is -0.840. The normalized spacial score (nSPS) is 12.4. The van der Waals surface area contributed by atoms with Gasteiger partial charge in [-0.1, -0.05) is 22.9 Å². The molecule has 0 aliphatic heterocycles. The van der Waals surface area contributed by atoms with Crippen molar-refractivity contribution < 1.29 is 15.0 Å². The van der Waals surface area contributed by atoms with Crippen LogP contribution in [-0.2, 0) is 4.79 Å². The van der Waals surface area contributed by atoms with Gasteiger partial charge in [-0.05, 0) is 29.7 Å². The quantitative estimate of drug-likeness (QED) is 0.877. The Morgan fingerprint density at radius 3 is 2.79 bits per heavy atom. The van der Waals surface area contributed by atoms with Crippen LogP contribution in [-0.4, -0.2) is 16.2 Å². The van der Waals surface area contributed by atoms with Gasteiger partial charge in [-0.2, -0.15) is 0 Å². The minimum Gasteiger partial charge on any atom is -0.508 e. The van der Waals surface area contributed by atoms with Gasteiger partial charge in [-0.15, -0.1) is 0 Å². The van der Waals surface area contributed by atoms with Crippen molar-refractivity contribution in [3.63, 3.8) is 0 Å². The van der Waals surface area contributed by atoms with Gasteiger partial charge < -0.3 is 10.2 Å². The number of carboxylic acid groups (broad SMARTS) is 1. The van der Waals surface area contributed by atoms with Crippen LogP contribution in [0.15, 0.2) is 22.7 Å². The lowest BCUT2D eigenvalue weighted by molar-refractivity contribution is -0.137. The third-order valence-electron chi connectivity index (χ3n) is 1.99. The first-order valence-electron chi connectivity index (χ1n) is 4.21. The first kappa shape index (κ1) is 11.0. The summed E-state index contributed by atoms with van der Waals surface area (Å²) in [6.45, 7) is 1.81. The Labute approximate surface area is 90.5 Å². The third-order valence-corrected chi connectivity index (χ3v) is 2.71. The summed E-state index contributed by atoms with van der Waals surface area (Å²) in [4.78, 5) is 10.5. The average molecular weight is 259 g/mol. The molecule has 0 spiro atoms. The molecule has 2 N–H and O–H groups in total. The Hall–Kier alpha value is -1.03. The molecule has 0 heterocycles. The smallest absolute Gasteiger partial charge is 0.303 e. The van der Waals surface area contributed by atoms with E-state index < -0.39 is 5.97 Å². The number of aromatic hydroxyl groups is 1. The van der Waals surface area contributed by atoms with Gasteiger partial charge in [-0.3, -0.25) is 4.79 Å². The Morgan fingerprint density at radius 1 is 1.57 bits per heavy atom. The topological polar surface area (TPSA) is 57.5 Å². The molecule has 1 rings (SSSR count). The number of rotatable bonds is 3. The van der Waals surface area contributed by atoms with Crippen LogP contribution in [0.4, 0.5) is 0 Å². The fraction of sp³-hybridized carbons (Fsp3) is 0.300. The second-order valence-corrected chi connectivity index (χ2v) is 4.06. The van der Waals surface area contributed by atoms with Gasteiger partial charge in [0.05, 0.1) is 6.42 Å². The molecule has 0 aromatic heterocycles. The molecule has 14 heavy (non-hydrogen) atoms. The molecule has 0 saturated heterocycles. The van der Waals surface area contributed by atoms with Gasteiger partial charge in [0.1, 0.15) is 5.75 Å². The van der Waals surface area contributed by atoms with E-state index >= 15 is 0 Å². The summed E-state index contributed by atoms with van der Waals surface area (Å²) >= 11 is 3.32. The number of halogens is 1. The molecule has 0 radical (unpaired) electrons. The molecule has 1 unspecified atom stereocenters. The van der Waals surface area contributed by atoms with E-state index in [0.29, 0.717) is 0 Å². The van der Waals surface area contributed by atoms with Crippen molar-refractivity contribution in [2.75, 3.05) is 0 Å². The predicted octanol–water partition coefficient (Wildman–Crippen LogP) is 2.73.